The van der Waals surface area contributed by atoms with Crippen molar-refractivity contribution in [2.75, 3.05) is 0 Å². The van der Waals surface area contributed by atoms with Crippen molar-refractivity contribution in [3.8, 4) is 23.1 Å². The van der Waals surface area contributed by atoms with Crippen molar-refractivity contribution < 1.29 is 5.11 Å². The van der Waals surface area contributed by atoms with E-state index >= 15 is 0 Å². The van der Waals surface area contributed by atoms with Crippen LogP contribution in [0.1, 0.15) is 6.42 Å². The lowest BCUT2D eigenvalue weighted by molar-refractivity contribution is 0.476. The smallest absolute Gasteiger partial charge is 0.124 e. The van der Waals surface area contributed by atoms with Gasteiger partial charge >= 0.3 is 0 Å². The van der Waals surface area contributed by atoms with Crippen molar-refractivity contribution in [1.29, 1.82) is 5.26 Å². The molecule has 16 heavy (non-hydrogen) atoms. The molecule has 0 amide bonds. The first kappa shape index (κ1) is 10.2. The maximum Gasteiger partial charge on any atom is 0.124 e. The fourth-order valence-electron chi connectivity index (χ4n) is 1.59. The number of hydrogen-bond donors (Lipinski definition) is 1. The second-order valence-corrected chi connectivity index (χ2v) is 3.36. The molecule has 1 aromatic heterocycles. The maximum absolute atomic E-state index is 9.73. The Balaban J connectivity index is 2.38. The molecule has 0 fully saturated rings. The molecule has 0 saturated heterocycles. The summed E-state index contributed by atoms with van der Waals surface area (Å²) in [7, 11) is 0. The maximum atomic E-state index is 9.73. The van der Waals surface area contributed by atoms with Gasteiger partial charge in [-0.25, -0.2) is 0 Å². The third kappa shape index (κ3) is 1.89. The normalized spacial score (nSPS) is 9.94. The molecule has 1 aromatic carbocycles. The lowest BCUT2D eigenvalue weighted by Gasteiger charge is -2.06. The zero-order chi connectivity index (χ0) is 11.4. The molecule has 1 heterocycles. The third-order valence-corrected chi connectivity index (χ3v) is 2.33. The van der Waals surface area contributed by atoms with Crippen LogP contribution >= 0.6 is 0 Å². The van der Waals surface area contributed by atoms with Crippen molar-refractivity contribution in [3.05, 3.63) is 36.5 Å². The number of hydrogen-bond acceptors (Lipinski definition) is 3. The molecule has 80 valence electrons. The number of nitriles is 1. The van der Waals surface area contributed by atoms with Gasteiger partial charge < -0.3 is 5.11 Å². The molecule has 4 heteroatoms. The molecule has 0 aliphatic heterocycles. The Bertz CT molecular complexity index is 525. The number of phenols is 1. The van der Waals surface area contributed by atoms with Gasteiger partial charge in [-0.15, -0.1) is 0 Å². The minimum absolute atomic E-state index is 0.223. The highest BCUT2D eigenvalue weighted by Crippen LogP contribution is 2.28. The number of para-hydroxylation sites is 1. The fourth-order valence-corrected chi connectivity index (χ4v) is 1.59. The number of aromatic hydroxyl groups is 1. The van der Waals surface area contributed by atoms with Crippen molar-refractivity contribution in [2.45, 2.75) is 13.0 Å². The molecule has 0 spiro atoms. The topological polar surface area (TPSA) is 61.8 Å². The van der Waals surface area contributed by atoms with E-state index in [0.717, 1.165) is 11.3 Å². The van der Waals surface area contributed by atoms with Crippen LogP contribution in [0.5, 0.6) is 5.75 Å². The van der Waals surface area contributed by atoms with Crippen molar-refractivity contribution in [3.63, 3.8) is 0 Å². The lowest BCUT2D eigenvalue weighted by atomic mass is 10.1. The standard InChI is InChI=1S/C12H11N3O/c13-7-3-9-15-11(6-8-14-15)10-4-1-2-5-12(10)16/h1-2,4-6,8,16H,3,9H2. The van der Waals surface area contributed by atoms with Crippen molar-refractivity contribution in [2.24, 2.45) is 0 Å². The van der Waals surface area contributed by atoms with Gasteiger partial charge in [0.25, 0.3) is 0 Å². The predicted octanol–water partition coefficient (Wildman–Crippen LogP) is 2.17. The zero-order valence-electron chi connectivity index (χ0n) is 8.67. The third-order valence-electron chi connectivity index (χ3n) is 2.33. The van der Waals surface area contributed by atoms with Crippen molar-refractivity contribution >= 4 is 0 Å². The Hall–Kier alpha value is -2.28. The first-order valence-corrected chi connectivity index (χ1v) is 5.00. The van der Waals surface area contributed by atoms with Crippen LogP contribution in [0.25, 0.3) is 11.3 Å². The summed E-state index contributed by atoms with van der Waals surface area (Å²) in [6.07, 6.45) is 2.07. The van der Waals surface area contributed by atoms with Gasteiger partial charge in [0.1, 0.15) is 5.75 Å². The summed E-state index contributed by atoms with van der Waals surface area (Å²) in [5.74, 6) is 0.223. The van der Waals surface area contributed by atoms with E-state index in [4.69, 9.17) is 5.26 Å². The van der Waals surface area contributed by atoms with Crippen LogP contribution in [-0.4, -0.2) is 14.9 Å². The van der Waals surface area contributed by atoms with E-state index in [1.54, 1.807) is 23.0 Å². The second-order valence-electron chi connectivity index (χ2n) is 3.36. The van der Waals surface area contributed by atoms with E-state index in [0.29, 0.717) is 13.0 Å². The largest absolute Gasteiger partial charge is 0.507 e. The monoisotopic (exact) mass is 213 g/mol. The van der Waals surface area contributed by atoms with Crippen LogP contribution < -0.4 is 0 Å². The lowest BCUT2D eigenvalue weighted by Crippen LogP contribution is -2.01. The van der Waals surface area contributed by atoms with E-state index in [1.807, 2.05) is 18.2 Å². The van der Waals surface area contributed by atoms with Gasteiger partial charge in [-0.05, 0) is 18.2 Å². The first-order chi connectivity index (χ1) is 7.83. The van der Waals surface area contributed by atoms with E-state index in [-0.39, 0.29) is 5.75 Å². The van der Waals surface area contributed by atoms with Gasteiger partial charge in [0.05, 0.1) is 24.7 Å². The van der Waals surface area contributed by atoms with Crippen LogP contribution in [0.2, 0.25) is 0 Å². The highest BCUT2D eigenvalue weighted by molar-refractivity contribution is 5.66. The Morgan fingerprint density at radius 1 is 1.31 bits per heavy atom. The van der Waals surface area contributed by atoms with Crippen LogP contribution in [0.15, 0.2) is 36.5 Å². The van der Waals surface area contributed by atoms with Gasteiger partial charge in [-0.2, -0.15) is 10.4 Å². The summed E-state index contributed by atoms with van der Waals surface area (Å²) in [4.78, 5) is 0. The highest BCUT2D eigenvalue weighted by atomic mass is 16.3. The molecule has 2 aromatic rings. The van der Waals surface area contributed by atoms with Gasteiger partial charge in [-0.1, -0.05) is 12.1 Å². The minimum Gasteiger partial charge on any atom is -0.507 e. The average molecular weight is 213 g/mol. The summed E-state index contributed by atoms with van der Waals surface area (Å²) >= 11 is 0. The summed E-state index contributed by atoms with van der Waals surface area (Å²) in [5, 5.41) is 22.4. The summed E-state index contributed by atoms with van der Waals surface area (Å²) in [5.41, 5.74) is 1.56. The summed E-state index contributed by atoms with van der Waals surface area (Å²) in [6, 6.07) is 11.0. The van der Waals surface area contributed by atoms with Crippen LogP contribution in [-0.2, 0) is 6.54 Å². The number of nitrogens with zero attached hydrogens (tertiary/aromatic N) is 3. The molecule has 0 aliphatic carbocycles. The molecule has 2 rings (SSSR count). The second kappa shape index (κ2) is 4.49. The minimum atomic E-state index is 0.223. The number of aryl methyl sites for hydroxylation is 1. The van der Waals surface area contributed by atoms with Gasteiger partial charge in [0.15, 0.2) is 0 Å². The zero-order valence-corrected chi connectivity index (χ0v) is 8.67. The molecule has 0 atom stereocenters. The van der Waals surface area contributed by atoms with Gasteiger partial charge in [0, 0.05) is 11.8 Å². The van der Waals surface area contributed by atoms with Gasteiger partial charge in [-0.3, -0.25) is 4.68 Å². The summed E-state index contributed by atoms with van der Waals surface area (Å²) in [6.45, 7) is 0.535. The Kier molecular flexibility index (Phi) is 2.88. The number of aromatic nitrogens is 2. The number of phenolic OH excluding ortho intramolecular Hbond substituents is 1. The van der Waals surface area contributed by atoms with Crippen LogP contribution in [0.4, 0.5) is 0 Å². The summed E-state index contributed by atoms with van der Waals surface area (Å²) < 4.78 is 1.72. The molecule has 0 radical (unpaired) electrons. The molecular weight excluding hydrogens is 202 g/mol. The molecule has 0 saturated carbocycles. The highest BCUT2D eigenvalue weighted by Gasteiger charge is 2.08. The molecule has 1 N–H and O–H groups in total. The molecule has 0 unspecified atom stereocenters. The fraction of sp³-hybridized carbons (Fsp3) is 0.167. The van der Waals surface area contributed by atoms with Crippen molar-refractivity contribution in [1.82, 2.24) is 9.78 Å². The SMILES string of the molecule is N#CCCn1nccc1-c1ccccc1O. The van der Waals surface area contributed by atoms with E-state index in [2.05, 4.69) is 11.2 Å². The average Bonchev–Trinajstić information content (AvgIpc) is 2.75. The van der Waals surface area contributed by atoms with E-state index < -0.39 is 0 Å². The molecule has 0 bridgehead atoms. The van der Waals surface area contributed by atoms with Gasteiger partial charge in [0.2, 0.25) is 0 Å². The number of benzene rings is 1. The molecule has 0 aliphatic rings. The molecule has 4 nitrogen and oxygen atoms in total. The quantitative estimate of drug-likeness (QED) is 0.849. The number of rotatable bonds is 3. The molecular formula is C12H11N3O. The predicted molar refractivity (Wildman–Crippen MR) is 59.6 cm³/mol. The van der Waals surface area contributed by atoms with E-state index in [1.165, 1.54) is 0 Å². The van der Waals surface area contributed by atoms with E-state index in [9.17, 15) is 5.11 Å². The first-order valence-electron chi connectivity index (χ1n) is 5.00. The van der Waals surface area contributed by atoms with Crippen LogP contribution in [0.3, 0.4) is 0 Å². The Morgan fingerprint density at radius 3 is 2.88 bits per heavy atom. The Morgan fingerprint density at radius 2 is 2.12 bits per heavy atom. The Labute approximate surface area is 93.4 Å². The van der Waals surface area contributed by atoms with Crippen LogP contribution in [0, 0.1) is 11.3 Å².